The molecule has 4 rings (SSSR count). The predicted octanol–water partition coefficient (Wildman–Crippen LogP) is 3.82. The number of rotatable bonds is 4. The molecule has 4 aromatic rings. The van der Waals surface area contributed by atoms with E-state index in [2.05, 4.69) is 15.0 Å². The molecule has 0 N–H and O–H groups in total. The van der Waals surface area contributed by atoms with Crippen molar-refractivity contribution in [3.8, 4) is 16.9 Å². The van der Waals surface area contributed by atoms with E-state index in [0.29, 0.717) is 11.5 Å². The van der Waals surface area contributed by atoms with Crippen LogP contribution < -0.4 is 4.74 Å². The third kappa shape index (κ3) is 3.19. The molecule has 0 saturated carbocycles. The number of hydrogen-bond donors (Lipinski definition) is 0. The molecule has 0 atom stereocenters. The number of hydrogen-bond acceptors (Lipinski definition) is 4. The highest BCUT2D eigenvalue weighted by Gasteiger charge is 2.07. The summed E-state index contributed by atoms with van der Waals surface area (Å²) in [6.45, 7) is 2.33. The van der Waals surface area contributed by atoms with Gasteiger partial charge in [0.05, 0.1) is 5.69 Å². The molecule has 1 aromatic carbocycles. The van der Waals surface area contributed by atoms with Gasteiger partial charge in [0.1, 0.15) is 18.2 Å². The number of aryl methyl sites for hydroxylation is 1. The second-order valence-electron chi connectivity index (χ2n) is 5.72. The van der Waals surface area contributed by atoms with Crippen molar-refractivity contribution in [2.75, 3.05) is 0 Å². The molecule has 0 radical (unpaired) electrons. The number of halogens is 1. The summed E-state index contributed by atoms with van der Waals surface area (Å²) in [6.07, 6.45) is 9.24. The van der Waals surface area contributed by atoms with Crippen LogP contribution in [0.2, 0.25) is 0 Å². The van der Waals surface area contributed by atoms with Crippen LogP contribution in [0.5, 0.6) is 5.75 Å². The molecule has 0 unspecified atom stereocenters. The van der Waals surface area contributed by atoms with E-state index in [-0.39, 0.29) is 12.4 Å². The highest BCUT2D eigenvalue weighted by Crippen LogP contribution is 2.21. The monoisotopic (exact) mass is 334 g/mol. The van der Waals surface area contributed by atoms with Crippen molar-refractivity contribution in [1.29, 1.82) is 0 Å². The maximum absolute atomic E-state index is 12.9. The summed E-state index contributed by atoms with van der Waals surface area (Å²) in [6, 6.07) is 7.88. The summed E-state index contributed by atoms with van der Waals surface area (Å²) in [4.78, 5) is 13.0. The Balaban J connectivity index is 1.58. The van der Waals surface area contributed by atoms with Crippen molar-refractivity contribution in [3.05, 3.63) is 78.4 Å². The van der Waals surface area contributed by atoms with Crippen LogP contribution in [0, 0.1) is 12.7 Å². The third-order valence-electron chi connectivity index (χ3n) is 3.91. The zero-order valence-electron chi connectivity index (χ0n) is 13.6. The second-order valence-corrected chi connectivity index (χ2v) is 5.72. The summed E-state index contributed by atoms with van der Waals surface area (Å²) >= 11 is 0. The summed E-state index contributed by atoms with van der Waals surface area (Å²) in [5.41, 5.74) is 3.89. The maximum atomic E-state index is 12.9. The predicted molar refractivity (Wildman–Crippen MR) is 91.7 cm³/mol. The van der Waals surface area contributed by atoms with Gasteiger partial charge in [0.25, 0.3) is 0 Å². The van der Waals surface area contributed by atoms with E-state index in [1.165, 1.54) is 12.1 Å². The molecule has 6 heteroatoms. The normalized spacial score (nSPS) is 11.0. The van der Waals surface area contributed by atoms with Crippen molar-refractivity contribution in [2.24, 2.45) is 0 Å². The minimum atomic E-state index is -0.289. The van der Waals surface area contributed by atoms with Gasteiger partial charge in [-0.15, -0.1) is 0 Å². The SMILES string of the molecule is Cc1ccncc1-c1cnc2nc(COc3ccc(F)cc3)cn2c1. The smallest absolute Gasteiger partial charge is 0.234 e. The summed E-state index contributed by atoms with van der Waals surface area (Å²) in [7, 11) is 0. The zero-order chi connectivity index (χ0) is 17.2. The Morgan fingerprint density at radius 2 is 1.92 bits per heavy atom. The molecule has 25 heavy (non-hydrogen) atoms. The van der Waals surface area contributed by atoms with Crippen LogP contribution in [-0.2, 0) is 6.61 Å². The van der Waals surface area contributed by atoms with Gasteiger partial charge in [-0.05, 0) is 42.8 Å². The lowest BCUT2D eigenvalue weighted by molar-refractivity contribution is 0.301. The molecule has 0 bridgehead atoms. The lowest BCUT2D eigenvalue weighted by Gasteiger charge is -2.04. The summed E-state index contributed by atoms with van der Waals surface area (Å²) in [5.74, 6) is 0.906. The van der Waals surface area contributed by atoms with Gasteiger partial charge in [0.2, 0.25) is 5.78 Å². The molecule has 124 valence electrons. The van der Waals surface area contributed by atoms with Crippen molar-refractivity contribution in [2.45, 2.75) is 13.5 Å². The van der Waals surface area contributed by atoms with Crippen LogP contribution in [0.25, 0.3) is 16.9 Å². The van der Waals surface area contributed by atoms with E-state index in [1.54, 1.807) is 24.5 Å². The van der Waals surface area contributed by atoms with E-state index >= 15 is 0 Å². The Morgan fingerprint density at radius 1 is 1.08 bits per heavy atom. The Morgan fingerprint density at radius 3 is 2.72 bits per heavy atom. The first-order valence-corrected chi connectivity index (χ1v) is 7.82. The summed E-state index contributed by atoms with van der Waals surface area (Å²) < 4.78 is 20.4. The molecular formula is C19H15FN4O. The van der Waals surface area contributed by atoms with Gasteiger partial charge < -0.3 is 4.74 Å². The average Bonchev–Trinajstić information content (AvgIpc) is 3.04. The van der Waals surface area contributed by atoms with Crippen LogP contribution >= 0.6 is 0 Å². The van der Waals surface area contributed by atoms with Gasteiger partial charge in [-0.2, -0.15) is 0 Å². The first-order chi connectivity index (χ1) is 12.2. The van der Waals surface area contributed by atoms with Gasteiger partial charge in [-0.3, -0.25) is 9.38 Å². The average molecular weight is 334 g/mol. The maximum Gasteiger partial charge on any atom is 0.234 e. The molecule has 0 fully saturated rings. The highest BCUT2D eigenvalue weighted by molar-refractivity contribution is 5.65. The standard InChI is InChI=1S/C19H15FN4O/c1-13-6-7-21-9-18(13)14-8-22-19-23-16(11-24(19)10-14)12-25-17-4-2-15(20)3-5-17/h2-11H,12H2,1H3. The zero-order valence-corrected chi connectivity index (χ0v) is 13.6. The number of benzene rings is 1. The number of aromatic nitrogens is 4. The number of ether oxygens (including phenoxy) is 1. The first-order valence-electron chi connectivity index (χ1n) is 7.82. The van der Waals surface area contributed by atoms with Crippen LogP contribution in [0.1, 0.15) is 11.3 Å². The molecule has 3 heterocycles. The summed E-state index contributed by atoms with van der Waals surface area (Å²) in [5, 5.41) is 0. The number of pyridine rings is 1. The number of nitrogens with zero attached hydrogens (tertiary/aromatic N) is 4. The Kier molecular flexibility index (Phi) is 3.85. The van der Waals surface area contributed by atoms with Gasteiger partial charge in [-0.25, -0.2) is 14.4 Å². The molecule has 0 amide bonds. The molecule has 0 spiro atoms. The quantitative estimate of drug-likeness (QED) is 0.569. The van der Waals surface area contributed by atoms with Crippen molar-refractivity contribution < 1.29 is 9.13 Å². The van der Waals surface area contributed by atoms with Gasteiger partial charge in [0, 0.05) is 42.1 Å². The molecule has 0 saturated heterocycles. The van der Waals surface area contributed by atoms with Crippen molar-refractivity contribution in [3.63, 3.8) is 0 Å². The topological polar surface area (TPSA) is 52.3 Å². The van der Waals surface area contributed by atoms with E-state index in [4.69, 9.17) is 4.74 Å². The van der Waals surface area contributed by atoms with E-state index in [1.807, 2.05) is 36.0 Å². The fourth-order valence-electron chi connectivity index (χ4n) is 2.60. The fraction of sp³-hybridized carbons (Fsp3) is 0.105. The lowest BCUT2D eigenvalue weighted by Crippen LogP contribution is -1.95. The lowest BCUT2D eigenvalue weighted by atomic mass is 10.1. The molecule has 0 aliphatic heterocycles. The van der Waals surface area contributed by atoms with E-state index in [0.717, 1.165) is 22.4 Å². The van der Waals surface area contributed by atoms with Crippen LogP contribution in [0.15, 0.2) is 61.3 Å². The fourth-order valence-corrected chi connectivity index (χ4v) is 2.60. The van der Waals surface area contributed by atoms with Gasteiger partial charge >= 0.3 is 0 Å². The van der Waals surface area contributed by atoms with Gasteiger partial charge in [0.15, 0.2) is 0 Å². The number of imidazole rings is 1. The molecule has 0 aliphatic rings. The van der Waals surface area contributed by atoms with Crippen LogP contribution in [0.4, 0.5) is 4.39 Å². The van der Waals surface area contributed by atoms with Crippen LogP contribution in [0.3, 0.4) is 0 Å². The van der Waals surface area contributed by atoms with Crippen LogP contribution in [-0.4, -0.2) is 19.4 Å². The van der Waals surface area contributed by atoms with Crippen molar-refractivity contribution >= 4 is 5.78 Å². The minimum absolute atomic E-state index is 0.288. The van der Waals surface area contributed by atoms with E-state index in [9.17, 15) is 4.39 Å². The molecule has 3 aromatic heterocycles. The molecule has 5 nitrogen and oxygen atoms in total. The van der Waals surface area contributed by atoms with Gasteiger partial charge in [-0.1, -0.05) is 0 Å². The van der Waals surface area contributed by atoms with E-state index < -0.39 is 0 Å². The minimum Gasteiger partial charge on any atom is -0.487 e. The third-order valence-corrected chi connectivity index (χ3v) is 3.91. The Bertz CT molecular complexity index is 1030. The number of fused-ring (bicyclic) bond motifs is 1. The Hall–Kier alpha value is -3.28. The largest absolute Gasteiger partial charge is 0.487 e. The van der Waals surface area contributed by atoms with Crippen molar-refractivity contribution in [1.82, 2.24) is 19.4 Å². The second kappa shape index (κ2) is 6.32. The first kappa shape index (κ1) is 15.3. The molecule has 0 aliphatic carbocycles. The highest BCUT2D eigenvalue weighted by atomic mass is 19.1. The molecular weight excluding hydrogens is 319 g/mol. The Labute approximate surface area is 143 Å².